The van der Waals surface area contributed by atoms with Gasteiger partial charge in [0.25, 0.3) is 0 Å². The summed E-state index contributed by atoms with van der Waals surface area (Å²) in [5.74, 6) is -1.84. The molecule has 1 aliphatic rings. The van der Waals surface area contributed by atoms with E-state index in [1.54, 1.807) is 32.3 Å². The summed E-state index contributed by atoms with van der Waals surface area (Å²) >= 11 is 0. The van der Waals surface area contributed by atoms with Crippen molar-refractivity contribution in [3.05, 3.63) is 29.8 Å². The third-order valence-electron chi connectivity index (χ3n) is 3.55. The van der Waals surface area contributed by atoms with Gasteiger partial charge in [0.1, 0.15) is 0 Å². The minimum absolute atomic E-state index is 0.0240. The van der Waals surface area contributed by atoms with E-state index in [-0.39, 0.29) is 31.2 Å². The number of rotatable bonds is 4. The molecule has 1 aromatic rings. The Hall–Kier alpha value is -2.37. The van der Waals surface area contributed by atoms with E-state index in [1.807, 2.05) is 6.07 Å². The van der Waals surface area contributed by atoms with E-state index in [9.17, 15) is 14.4 Å². The molecule has 1 heterocycles. The molecule has 1 atom stereocenters. The fraction of sp³-hybridized carbons (Fsp3) is 0.400. The summed E-state index contributed by atoms with van der Waals surface area (Å²) in [5, 5.41) is 9.00. The third kappa shape index (κ3) is 3.39. The monoisotopic (exact) mass is 290 g/mol. The number of aliphatic carboxylic acids is 1. The van der Waals surface area contributed by atoms with Crippen LogP contribution in [-0.4, -0.2) is 48.4 Å². The van der Waals surface area contributed by atoms with E-state index < -0.39 is 11.9 Å². The quantitative estimate of drug-likeness (QED) is 0.888. The molecule has 1 aromatic carbocycles. The first-order chi connectivity index (χ1) is 9.88. The second-order valence-electron chi connectivity index (χ2n) is 5.38. The van der Waals surface area contributed by atoms with Gasteiger partial charge in [-0.2, -0.15) is 0 Å². The van der Waals surface area contributed by atoms with Gasteiger partial charge in [0.15, 0.2) is 0 Å². The van der Waals surface area contributed by atoms with E-state index in [0.717, 1.165) is 5.56 Å². The van der Waals surface area contributed by atoms with Crippen molar-refractivity contribution in [1.82, 2.24) is 4.90 Å². The molecule has 1 N–H and O–H groups in total. The first kappa shape index (κ1) is 15.0. The van der Waals surface area contributed by atoms with Crippen molar-refractivity contribution in [2.45, 2.75) is 12.8 Å². The van der Waals surface area contributed by atoms with Crippen LogP contribution in [0.3, 0.4) is 0 Å². The number of carboxylic acids is 1. The molecular weight excluding hydrogens is 272 g/mol. The molecule has 2 amide bonds. The summed E-state index contributed by atoms with van der Waals surface area (Å²) in [7, 11) is 3.38. The molecule has 1 aliphatic heterocycles. The zero-order valence-corrected chi connectivity index (χ0v) is 12.1. The predicted molar refractivity (Wildman–Crippen MR) is 76.9 cm³/mol. The second kappa shape index (κ2) is 5.95. The smallest absolute Gasteiger partial charge is 0.308 e. The molecule has 0 bridgehead atoms. The molecule has 21 heavy (non-hydrogen) atoms. The topological polar surface area (TPSA) is 77.9 Å². The molecule has 0 saturated carbocycles. The first-order valence-corrected chi connectivity index (χ1v) is 6.70. The van der Waals surface area contributed by atoms with E-state index in [4.69, 9.17) is 5.11 Å². The lowest BCUT2D eigenvalue weighted by Crippen LogP contribution is -2.26. The lowest BCUT2D eigenvalue weighted by atomic mass is 10.1. The number of benzene rings is 1. The number of carbonyl (C=O) groups is 3. The number of hydrogen-bond acceptors (Lipinski definition) is 3. The lowest BCUT2D eigenvalue weighted by Gasteiger charge is -2.17. The third-order valence-corrected chi connectivity index (χ3v) is 3.55. The van der Waals surface area contributed by atoms with E-state index in [2.05, 4.69) is 0 Å². The normalized spacial score (nSPS) is 17.9. The summed E-state index contributed by atoms with van der Waals surface area (Å²) in [6.07, 6.45) is 0.279. The summed E-state index contributed by atoms with van der Waals surface area (Å²) in [5.41, 5.74) is 1.45. The number of hydrogen-bond donors (Lipinski definition) is 1. The Morgan fingerprint density at radius 3 is 2.67 bits per heavy atom. The van der Waals surface area contributed by atoms with E-state index in [1.165, 1.54) is 9.80 Å². The molecule has 6 heteroatoms. The highest BCUT2D eigenvalue weighted by atomic mass is 16.4. The minimum atomic E-state index is -0.954. The maximum Gasteiger partial charge on any atom is 0.308 e. The van der Waals surface area contributed by atoms with Crippen LogP contribution in [0.5, 0.6) is 0 Å². The largest absolute Gasteiger partial charge is 0.481 e. The van der Waals surface area contributed by atoms with Crippen molar-refractivity contribution in [2.75, 3.05) is 25.5 Å². The molecule has 1 fully saturated rings. The van der Waals surface area contributed by atoms with Crippen LogP contribution in [0.2, 0.25) is 0 Å². The average Bonchev–Trinajstić information content (AvgIpc) is 2.81. The molecule has 1 unspecified atom stereocenters. The number of carboxylic acid groups (broad SMARTS) is 1. The van der Waals surface area contributed by atoms with E-state index in [0.29, 0.717) is 5.69 Å². The van der Waals surface area contributed by atoms with Gasteiger partial charge in [0.2, 0.25) is 11.8 Å². The molecule has 0 spiro atoms. The Balaban J connectivity index is 2.16. The molecule has 6 nitrogen and oxygen atoms in total. The zero-order chi connectivity index (χ0) is 15.6. The Kier molecular flexibility index (Phi) is 4.26. The SMILES string of the molecule is CN(C)C(=O)Cc1cccc(N2CC(C(=O)O)CC2=O)c1. The number of anilines is 1. The highest BCUT2D eigenvalue weighted by Gasteiger charge is 2.35. The molecule has 2 rings (SSSR count). The fourth-order valence-electron chi connectivity index (χ4n) is 2.29. The van der Waals surface area contributed by atoms with Gasteiger partial charge in [0.05, 0.1) is 12.3 Å². The van der Waals surface area contributed by atoms with Gasteiger partial charge >= 0.3 is 5.97 Å². The van der Waals surface area contributed by atoms with Gasteiger partial charge < -0.3 is 14.9 Å². The maximum atomic E-state index is 11.9. The van der Waals surface area contributed by atoms with Gasteiger partial charge in [-0.3, -0.25) is 14.4 Å². The molecule has 1 saturated heterocycles. The molecule has 112 valence electrons. The molecule has 0 aromatic heterocycles. The molecular formula is C15H18N2O4. The second-order valence-corrected chi connectivity index (χ2v) is 5.38. The Bertz CT molecular complexity index is 583. The highest BCUT2D eigenvalue weighted by molar-refractivity contribution is 5.99. The van der Waals surface area contributed by atoms with Gasteiger partial charge in [0, 0.05) is 32.7 Å². The van der Waals surface area contributed by atoms with Crippen molar-refractivity contribution < 1.29 is 19.5 Å². The summed E-state index contributed by atoms with van der Waals surface area (Å²) < 4.78 is 0. The van der Waals surface area contributed by atoms with Crippen LogP contribution >= 0.6 is 0 Å². The predicted octanol–water partition coefficient (Wildman–Crippen LogP) is 0.755. The maximum absolute atomic E-state index is 11.9. The average molecular weight is 290 g/mol. The van der Waals surface area contributed by atoms with Crippen LogP contribution in [0.1, 0.15) is 12.0 Å². The molecule has 0 aliphatic carbocycles. The molecule has 0 radical (unpaired) electrons. The number of nitrogens with zero attached hydrogens (tertiary/aromatic N) is 2. The van der Waals surface area contributed by atoms with Crippen LogP contribution in [0.4, 0.5) is 5.69 Å². The van der Waals surface area contributed by atoms with Crippen molar-refractivity contribution in [3.8, 4) is 0 Å². The van der Waals surface area contributed by atoms with Crippen LogP contribution in [0.25, 0.3) is 0 Å². The number of carbonyl (C=O) groups excluding carboxylic acids is 2. The van der Waals surface area contributed by atoms with Crippen molar-refractivity contribution >= 4 is 23.5 Å². The summed E-state index contributed by atoms with van der Waals surface area (Å²) in [4.78, 5) is 37.6. The summed E-state index contributed by atoms with van der Waals surface area (Å²) in [6, 6.07) is 7.12. The van der Waals surface area contributed by atoms with Crippen molar-refractivity contribution in [1.29, 1.82) is 0 Å². The Labute approximate surface area is 123 Å². The van der Waals surface area contributed by atoms with Gasteiger partial charge in [-0.05, 0) is 17.7 Å². The first-order valence-electron chi connectivity index (χ1n) is 6.70. The Morgan fingerprint density at radius 2 is 2.10 bits per heavy atom. The van der Waals surface area contributed by atoms with Crippen LogP contribution < -0.4 is 4.90 Å². The number of amides is 2. The van der Waals surface area contributed by atoms with Gasteiger partial charge in [-0.15, -0.1) is 0 Å². The van der Waals surface area contributed by atoms with Crippen molar-refractivity contribution in [2.24, 2.45) is 5.92 Å². The standard InChI is InChI=1S/C15H18N2O4/c1-16(2)13(18)7-10-4-3-5-12(6-10)17-9-11(15(20)21)8-14(17)19/h3-6,11H,7-9H2,1-2H3,(H,20,21). The summed E-state index contributed by atoms with van der Waals surface area (Å²) in [6.45, 7) is 0.180. The van der Waals surface area contributed by atoms with Gasteiger partial charge in [-0.25, -0.2) is 0 Å². The fourth-order valence-corrected chi connectivity index (χ4v) is 2.29. The van der Waals surface area contributed by atoms with E-state index >= 15 is 0 Å². The van der Waals surface area contributed by atoms with Gasteiger partial charge in [-0.1, -0.05) is 12.1 Å². The zero-order valence-electron chi connectivity index (χ0n) is 12.1. The minimum Gasteiger partial charge on any atom is -0.481 e. The Morgan fingerprint density at radius 1 is 1.38 bits per heavy atom. The van der Waals surface area contributed by atoms with Crippen molar-refractivity contribution in [3.63, 3.8) is 0 Å². The van der Waals surface area contributed by atoms with Crippen LogP contribution in [0.15, 0.2) is 24.3 Å². The highest BCUT2D eigenvalue weighted by Crippen LogP contribution is 2.26. The lowest BCUT2D eigenvalue weighted by molar-refractivity contribution is -0.141. The van der Waals surface area contributed by atoms with Crippen LogP contribution in [0, 0.1) is 5.92 Å². The number of likely N-dealkylation sites (N-methyl/N-ethyl adjacent to an activating group) is 1. The van der Waals surface area contributed by atoms with Crippen LogP contribution in [-0.2, 0) is 20.8 Å².